The first kappa shape index (κ1) is 13.8. The Kier molecular flexibility index (Phi) is 3.47. The molecular weight excluding hydrogens is 282 g/mol. The Morgan fingerprint density at radius 2 is 1.95 bits per heavy atom. The van der Waals surface area contributed by atoms with E-state index in [0.717, 1.165) is 27.1 Å². The van der Waals surface area contributed by atoms with Crippen molar-refractivity contribution in [3.8, 4) is 16.3 Å². The van der Waals surface area contributed by atoms with E-state index in [-0.39, 0.29) is 0 Å². The van der Waals surface area contributed by atoms with Crippen LogP contribution in [-0.2, 0) is 0 Å². The van der Waals surface area contributed by atoms with Gasteiger partial charge in [0.05, 0.1) is 23.1 Å². The summed E-state index contributed by atoms with van der Waals surface area (Å²) < 4.78 is 1.97. The van der Waals surface area contributed by atoms with E-state index >= 15 is 0 Å². The number of aromatic nitrogens is 4. The molecule has 0 unspecified atom stereocenters. The maximum atomic E-state index is 4.53. The fraction of sp³-hybridized carbons (Fsp3) is 0.267. The fourth-order valence-electron chi connectivity index (χ4n) is 2.24. The average Bonchev–Trinajstić information content (AvgIpc) is 3.08. The quantitative estimate of drug-likeness (QED) is 0.805. The van der Waals surface area contributed by atoms with Crippen LogP contribution in [0.5, 0.6) is 0 Å². The van der Waals surface area contributed by atoms with Crippen molar-refractivity contribution in [3.63, 3.8) is 0 Å². The Morgan fingerprint density at radius 1 is 1.14 bits per heavy atom. The number of nitrogens with zero attached hydrogens (tertiary/aromatic N) is 4. The van der Waals surface area contributed by atoms with Crippen molar-refractivity contribution in [1.82, 2.24) is 20.0 Å². The van der Waals surface area contributed by atoms with E-state index in [4.69, 9.17) is 0 Å². The molecule has 0 bridgehead atoms. The molecule has 5 nitrogen and oxygen atoms in total. The Bertz CT molecular complexity index is 787. The molecule has 1 aromatic carbocycles. The molecule has 6 heteroatoms. The van der Waals surface area contributed by atoms with E-state index in [2.05, 4.69) is 59.6 Å². The second-order valence-corrected chi connectivity index (χ2v) is 5.99. The third-order valence-electron chi connectivity index (χ3n) is 3.47. The molecule has 0 saturated carbocycles. The van der Waals surface area contributed by atoms with Gasteiger partial charge >= 0.3 is 0 Å². The molecule has 0 aliphatic rings. The van der Waals surface area contributed by atoms with Gasteiger partial charge < -0.3 is 5.32 Å². The summed E-state index contributed by atoms with van der Waals surface area (Å²) in [6, 6.07) is 6.39. The third kappa shape index (κ3) is 2.42. The predicted molar refractivity (Wildman–Crippen MR) is 86.2 cm³/mol. The van der Waals surface area contributed by atoms with Crippen LogP contribution >= 0.6 is 11.3 Å². The lowest BCUT2D eigenvalue weighted by atomic mass is 10.1. The second-order valence-electron chi connectivity index (χ2n) is 5.01. The van der Waals surface area contributed by atoms with Gasteiger partial charge in [0, 0.05) is 7.05 Å². The second kappa shape index (κ2) is 5.29. The molecule has 108 valence electrons. The molecule has 1 N–H and O–H groups in total. The van der Waals surface area contributed by atoms with Gasteiger partial charge in [-0.3, -0.25) is 0 Å². The maximum Gasteiger partial charge on any atom is 0.205 e. The van der Waals surface area contributed by atoms with Crippen LogP contribution in [0.1, 0.15) is 16.8 Å². The van der Waals surface area contributed by atoms with Crippen LogP contribution in [0.15, 0.2) is 24.4 Å². The van der Waals surface area contributed by atoms with Crippen LogP contribution in [0.2, 0.25) is 0 Å². The number of hydrogen-bond donors (Lipinski definition) is 1. The molecule has 0 spiro atoms. The number of hydrogen-bond acceptors (Lipinski definition) is 5. The van der Waals surface area contributed by atoms with Crippen molar-refractivity contribution < 1.29 is 0 Å². The van der Waals surface area contributed by atoms with E-state index in [9.17, 15) is 0 Å². The van der Waals surface area contributed by atoms with Gasteiger partial charge in [0.25, 0.3) is 0 Å². The predicted octanol–water partition coefficient (Wildman–Crippen LogP) is 3.36. The molecule has 0 fully saturated rings. The summed E-state index contributed by atoms with van der Waals surface area (Å²) >= 11 is 1.53. The van der Waals surface area contributed by atoms with E-state index in [1.165, 1.54) is 22.5 Å². The van der Waals surface area contributed by atoms with Crippen molar-refractivity contribution in [1.29, 1.82) is 0 Å². The minimum absolute atomic E-state index is 0.809. The molecular formula is C15H17N5S. The van der Waals surface area contributed by atoms with Gasteiger partial charge in [-0.05, 0) is 38.0 Å². The summed E-state index contributed by atoms with van der Waals surface area (Å²) in [7, 11) is 1.84. The SMILES string of the molecule is CNc1nnc(-c2cnn(-c3cc(C)ccc3C)c2C)s1. The number of nitrogens with one attached hydrogen (secondary N) is 1. The van der Waals surface area contributed by atoms with Crippen LogP contribution < -0.4 is 5.32 Å². The number of aryl methyl sites for hydroxylation is 2. The molecule has 2 aromatic heterocycles. The third-order valence-corrected chi connectivity index (χ3v) is 4.45. The van der Waals surface area contributed by atoms with E-state index in [1.807, 2.05) is 17.9 Å². The Morgan fingerprint density at radius 3 is 2.67 bits per heavy atom. The van der Waals surface area contributed by atoms with E-state index < -0.39 is 0 Å². The Balaban J connectivity index is 2.08. The first-order valence-electron chi connectivity index (χ1n) is 6.74. The maximum absolute atomic E-state index is 4.53. The van der Waals surface area contributed by atoms with Crippen LogP contribution in [0.3, 0.4) is 0 Å². The van der Waals surface area contributed by atoms with Crippen molar-refractivity contribution in [2.75, 3.05) is 12.4 Å². The van der Waals surface area contributed by atoms with Crippen molar-refractivity contribution >= 4 is 16.5 Å². The van der Waals surface area contributed by atoms with Gasteiger partial charge in [0.1, 0.15) is 0 Å². The lowest BCUT2D eigenvalue weighted by molar-refractivity contribution is 0.839. The lowest BCUT2D eigenvalue weighted by Crippen LogP contribution is -2.01. The minimum Gasteiger partial charge on any atom is -0.363 e. The Labute approximate surface area is 127 Å². The summed E-state index contributed by atoms with van der Waals surface area (Å²) in [4.78, 5) is 0. The molecule has 0 radical (unpaired) electrons. The van der Waals surface area contributed by atoms with Crippen molar-refractivity contribution in [2.45, 2.75) is 20.8 Å². The number of benzene rings is 1. The highest BCUT2D eigenvalue weighted by Crippen LogP contribution is 2.30. The monoisotopic (exact) mass is 299 g/mol. The van der Waals surface area contributed by atoms with Crippen LogP contribution in [0.4, 0.5) is 5.13 Å². The van der Waals surface area contributed by atoms with Crippen LogP contribution in [0, 0.1) is 20.8 Å². The van der Waals surface area contributed by atoms with Gasteiger partial charge in [-0.25, -0.2) is 4.68 Å². The highest BCUT2D eigenvalue weighted by molar-refractivity contribution is 7.18. The fourth-order valence-corrected chi connectivity index (χ4v) is 3.00. The molecule has 3 rings (SSSR count). The van der Waals surface area contributed by atoms with Gasteiger partial charge in [-0.15, -0.1) is 10.2 Å². The standard InChI is InChI=1S/C15H17N5S/c1-9-5-6-10(2)13(7-9)20-11(3)12(8-17-20)14-18-19-15(16-4)21-14/h5-8H,1-4H3,(H,16,19). The summed E-state index contributed by atoms with van der Waals surface area (Å²) in [6.45, 7) is 6.25. The molecule has 0 saturated heterocycles. The zero-order valence-electron chi connectivity index (χ0n) is 12.5. The summed E-state index contributed by atoms with van der Waals surface area (Å²) in [5.41, 5.74) is 5.63. The molecule has 0 aliphatic carbocycles. The molecule has 2 heterocycles. The van der Waals surface area contributed by atoms with Gasteiger partial charge in [0.2, 0.25) is 5.13 Å². The van der Waals surface area contributed by atoms with E-state index in [0.29, 0.717) is 0 Å². The average molecular weight is 299 g/mol. The van der Waals surface area contributed by atoms with Crippen molar-refractivity contribution in [2.24, 2.45) is 0 Å². The van der Waals surface area contributed by atoms with Gasteiger partial charge in [-0.1, -0.05) is 23.5 Å². The smallest absolute Gasteiger partial charge is 0.205 e. The highest BCUT2D eigenvalue weighted by atomic mass is 32.1. The molecule has 0 amide bonds. The number of anilines is 1. The summed E-state index contributed by atoms with van der Waals surface area (Å²) in [5.74, 6) is 0. The largest absolute Gasteiger partial charge is 0.363 e. The van der Waals surface area contributed by atoms with Crippen molar-refractivity contribution in [3.05, 3.63) is 41.2 Å². The first-order valence-corrected chi connectivity index (χ1v) is 7.55. The highest BCUT2D eigenvalue weighted by Gasteiger charge is 2.15. The minimum atomic E-state index is 0.809. The molecule has 3 aromatic rings. The molecule has 21 heavy (non-hydrogen) atoms. The van der Waals surface area contributed by atoms with Gasteiger partial charge in [0.15, 0.2) is 5.01 Å². The zero-order valence-corrected chi connectivity index (χ0v) is 13.3. The topological polar surface area (TPSA) is 55.6 Å². The lowest BCUT2D eigenvalue weighted by Gasteiger charge is -2.09. The summed E-state index contributed by atoms with van der Waals surface area (Å²) in [5, 5.41) is 17.5. The Hall–Kier alpha value is -2.21. The normalized spacial score (nSPS) is 10.9. The van der Waals surface area contributed by atoms with Crippen LogP contribution in [0.25, 0.3) is 16.3 Å². The van der Waals surface area contributed by atoms with Crippen LogP contribution in [-0.4, -0.2) is 27.0 Å². The zero-order chi connectivity index (χ0) is 15.0. The number of rotatable bonds is 3. The molecule has 0 aliphatic heterocycles. The first-order chi connectivity index (χ1) is 10.1. The van der Waals surface area contributed by atoms with E-state index in [1.54, 1.807) is 0 Å². The summed E-state index contributed by atoms with van der Waals surface area (Å²) in [6.07, 6.45) is 1.86. The van der Waals surface area contributed by atoms with Gasteiger partial charge in [-0.2, -0.15) is 5.10 Å². The molecule has 0 atom stereocenters.